The van der Waals surface area contributed by atoms with Gasteiger partial charge in [0.1, 0.15) is 16.0 Å². The standard InChI is InChI=1S/C8H10N4OS/c1-3-12-6-5(9-4(2)10-6)7(14)11-8(12)13/h3H2,1-2H3,(H,9,10)(H,11,13,14). The lowest BCUT2D eigenvalue weighted by Gasteiger charge is -2.00. The van der Waals surface area contributed by atoms with E-state index in [1.54, 1.807) is 4.57 Å². The summed E-state index contributed by atoms with van der Waals surface area (Å²) in [5.74, 6) is 0.757. The summed E-state index contributed by atoms with van der Waals surface area (Å²) < 4.78 is 1.96. The van der Waals surface area contributed by atoms with Crippen LogP contribution in [0.1, 0.15) is 12.7 Å². The molecule has 6 heteroatoms. The fourth-order valence-corrected chi connectivity index (χ4v) is 1.68. The summed E-state index contributed by atoms with van der Waals surface area (Å²) in [7, 11) is 0. The first kappa shape index (κ1) is 9.14. The highest BCUT2D eigenvalue weighted by Crippen LogP contribution is 2.08. The van der Waals surface area contributed by atoms with Crippen LogP contribution in [0.25, 0.3) is 11.2 Å². The van der Waals surface area contributed by atoms with Crippen LogP contribution in [0.3, 0.4) is 0 Å². The van der Waals surface area contributed by atoms with Gasteiger partial charge in [-0.05, 0) is 13.8 Å². The van der Waals surface area contributed by atoms with Gasteiger partial charge in [-0.25, -0.2) is 9.78 Å². The van der Waals surface area contributed by atoms with Crippen LogP contribution in [0.5, 0.6) is 0 Å². The summed E-state index contributed by atoms with van der Waals surface area (Å²) in [6.45, 7) is 4.30. The Morgan fingerprint density at radius 1 is 1.50 bits per heavy atom. The number of nitrogens with one attached hydrogen (secondary N) is 2. The fourth-order valence-electron chi connectivity index (χ4n) is 1.45. The van der Waals surface area contributed by atoms with Crippen molar-refractivity contribution in [2.24, 2.45) is 0 Å². The molecule has 0 aromatic carbocycles. The molecule has 0 bridgehead atoms. The van der Waals surface area contributed by atoms with Crippen molar-refractivity contribution in [3.05, 3.63) is 20.9 Å². The van der Waals surface area contributed by atoms with E-state index in [-0.39, 0.29) is 5.69 Å². The normalized spacial score (nSPS) is 11.0. The lowest BCUT2D eigenvalue weighted by Crippen LogP contribution is -2.22. The van der Waals surface area contributed by atoms with Gasteiger partial charge in [-0.2, -0.15) is 0 Å². The van der Waals surface area contributed by atoms with Crippen molar-refractivity contribution in [2.45, 2.75) is 20.4 Å². The number of aromatic nitrogens is 4. The van der Waals surface area contributed by atoms with Crippen molar-refractivity contribution >= 4 is 23.4 Å². The maximum absolute atomic E-state index is 11.5. The van der Waals surface area contributed by atoms with Crippen molar-refractivity contribution in [3.63, 3.8) is 0 Å². The zero-order valence-electron chi connectivity index (χ0n) is 7.92. The van der Waals surface area contributed by atoms with Crippen LogP contribution in [0.2, 0.25) is 0 Å². The maximum atomic E-state index is 11.5. The average Bonchev–Trinajstić information content (AvgIpc) is 2.48. The van der Waals surface area contributed by atoms with Gasteiger partial charge in [0.05, 0.1) is 0 Å². The predicted molar refractivity (Wildman–Crippen MR) is 55.9 cm³/mol. The molecular formula is C8H10N4OS. The second-order valence-electron chi connectivity index (χ2n) is 3.02. The molecule has 74 valence electrons. The third-order valence-corrected chi connectivity index (χ3v) is 2.37. The van der Waals surface area contributed by atoms with Gasteiger partial charge < -0.3 is 4.98 Å². The minimum absolute atomic E-state index is 0.212. The van der Waals surface area contributed by atoms with Gasteiger partial charge in [-0.3, -0.25) is 9.55 Å². The van der Waals surface area contributed by atoms with Crippen molar-refractivity contribution in [1.29, 1.82) is 0 Å². The van der Waals surface area contributed by atoms with E-state index in [4.69, 9.17) is 12.2 Å². The Kier molecular flexibility index (Phi) is 1.99. The third-order valence-electron chi connectivity index (χ3n) is 2.07. The molecule has 0 unspecified atom stereocenters. The van der Waals surface area contributed by atoms with Gasteiger partial charge in [-0.15, -0.1) is 0 Å². The lowest BCUT2D eigenvalue weighted by atomic mass is 10.5. The Balaban J connectivity index is 3.05. The van der Waals surface area contributed by atoms with Gasteiger partial charge in [0.25, 0.3) is 0 Å². The van der Waals surface area contributed by atoms with E-state index in [2.05, 4.69) is 15.0 Å². The van der Waals surface area contributed by atoms with E-state index >= 15 is 0 Å². The number of fused-ring (bicyclic) bond motifs is 1. The van der Waals surface area contributed by atoms with Crippen LogP contribution in [-0.4, -0.2) is 19.5 Å². The molecule has 0 atom stereocenters. The van der Waals surface area contributed by atoms with Crippen LogP contribution in [0.15, 0.2) is 4.79 Å². The second kappa shape index (κ2) is 3.06. The quantitative estimate of drug-likeness (QED) is 0.693. The Morgan fingerprint density at radius 2 is 2.21 bits per heavy atom. The van der Waals surface area contributed by atoms with Crippen molar-refractivity contribution in [3.8, 4) is 0 Å². The number of nitrogens with zero attached hydrogens (tertiary/aromatic N) is 2. The molecule has 0 saturated heterocycles. The topological polar surface area (TPSA) is 66.5 Å². The van der Waals surface area contributed by atoms with Gasteiger partial charge in [-0.1, -0.05) is 12.2 Å². The van der Waals surface area contributed by atoms with E-state index in [9.17, 15) is 4.79 Å². The molecule has 0 spiro atoms. The molecule has 5 nitrogen and oxygen atoms in total. The van der Waals surface area contributed by atoms with Gasteiger partial charge in [0.2, 0.25) is 0 Å². The first-order valence-electron chi connectivity index (χ1n) is 4.33. The molecule has 2 heterocycles. The Labute approximate surface area is 84.8 Å². The molecule has 0 radical (unpaired) electrons. The maximum Gasteiger partial charge on any atom is 0.328 e. The number of hydrogen-bond donors (Lipinski definition) is 2. The molecule has 0 amide bonds. The van der Waals surface area contributed by atoms with Crippen LogP contribution < -0.4 is 5.69 Å². The summed E-state index contributed by atoms with van der Waals surface area (Å²) in [6, 6.07) is 0. The molecular weight excluding hydrogens is 200 g/mol. The van der Waals surface area contributed by atoms with Crippen LogP contribution in [-0.2, 0) is 6.54 Å². The second-order valence-corrected chi connectivity index (χ2v) is 3.43. The summed E-state index contributed by atoms with van der Waals surface area (Å²) in [5, 5.41) is 0. The van der Waals surface area contributed by atoms with E-state index in [0.29, 0.717) is 16.8 Å². The minimum atomic E-state index is -0.212. The molecule has 0 fully saturated rings. The molecule has 0 aliphatic heterocycles. The van der Waals surface area contributed by atoms with Crippen molar-refractivity contribution < 1.29 is 0 Å². The predicted octanol–water partition coefficient (Wildman–Crippen LogP) is 1.11. The molecule has 2 aromatic rings. The highest BCUT2D eigenvalue weighted by Gasteiger charge is 2.07. The van der Waals surface area contributed by atoms with E-state index in [0.717, 1.165) is 11.3 Å². The SMILES string of the molecule is CCn1c(=O)[nH]c(=S)c2[nH]c(C)nc21. The van der Waals surface area contributed by atoms with Gasteiger partial charge in [0.15, 0.2) is 5.65 Å². The Hall–Kier alpha value is -1.43. The average molecular weight is 210 g/mol. The zero-order valence-corrected chi connectivity index (χ0v) is 8.73. The molecule has 0 saturated carbocycles. The summed E-state index contributed by atoms with van der Waals surface area (Å²) >= 11 is 5.02. The van der Waals surface area contributed by atoms with Crippen LogP contribution in [0.4, 0.5) is 0 Å². The Bertz CT molecular complexity index is 591. The number of H-pyrrole nitrogens is 2. The molecule has 14 heavy (non-hydrogen) atoms. The highest BCUT2D eigenvalue weighted by atomic mass is 32.1. The first-order chi connectivity index (χ1) is 6.63. The van der Waals surface area contributed by atoms with Gasteiger partial charge in [0, 0.05) is 6.54 Å². The fraction of sp³-hybridized carbons (Fsp3) is 0.375. The summed E-state index contributed by atoms with van der Waals surface area (Å²) in [4.78, 5) is 21.3. The summed E-state index contributed by atoms with van der Waals surface area (Å²) in [6.07, 6.45) is 0. The zero-order chi connectivity index (χ0) is 10.3. The van der Waals surface area contributed by atoms with E-state index < -0.39 is 0 Å². The van der Waals surface area contributed by atoms with E-state index in [1.165, 1.54) is 0 Å². The number of hydrogen-bond acceptors (Lipinski definition) is 3. The molecule has 2 aromatic heterocycles. The molecule has 2 N–H and O–H groups in total. The summed E-state index contributed by atoms with van der Waals surface area (Å²) in [5.41, 5.74) is 1.13. The highest BCUT2D eigenvalue weighted by molar-refractivity contribution is 7.71. The van der Waals surface area contributed by atoms with Crippen LogP contribution >= 0.6 is 12.2 Å². The number of rotatable bonds is 1. The Morgan fingerprint density at radius 3 is 2.86 bits per heavy atom. The number of aromatic amines is 2. The van der Waals surface area contributed by atoms with E-state index in [1.807, 2.05) is 13.8 Å². The minimum Gasteiger partial charge on any atom is -0.338 e. The largest absolute Gasteiger partial charge is 0.338 e. The lowest BCUT2D eigenvalue weighted by molar-refractivity contribution is 0.722. The van der Waals surface area contributed by atoms with Crippen LogP contribution in [0, 0.1) is 11.6 Å². The smallest absolute Gasteiger partial charge is 0.328 e. The molecule has 0 aliphatic rings. The third kappa shape index (κ3) is 1.19. The van der Waals surface area contributed by atoms with Crippen molar-refractivity contribution in [1.82, 2.24) is 19.5 Å². The monoisotopic (exact) mass is 210 g/mol. The molecule has 2 rings (SSSR count). The molecule has 0 aliphatic carbocycles. The first-order valence-corrected chi connectivity index (χ1v) is 4.73. The van der Waals surface area contributed by atoms with Crippen molar-refractivity contribution in [2.75, 3.05) is 0 Å². The number of imidazole rings is 1. The van der Waals surface area contributed by atoms with Gasteiger partial charge >= 0.3 is 5.69 Å². The number of aryl methyl sites for hydroxylation is 2.